The summed E-state index contributed by atoms with van der Waals surface area (Å²) >= 11 is 0. The van der Waals surface area contributed by atoms with Crippen molar-refractivity contribution < 1.29 is 0 Å². The van der Waals surface area contributed by atoms with Gasteiger partial charge in [0.15, 0.2) is 0 Å². The molecule has 0 saturated carbocycles. The average molecular weight is 339 g/mol. The standard InChI is InChI=1S/C22H46N2/c1-8-15-24(22(6,7)19-21(3,4)5)18-14-20(2)23-16-12-10-9-11-13-17-23/h20H,8-19H2,1-7H3. The van der Waals surface area contributed by atoms with Gasteiger partial charge in [-0.15, -0.1) is 0 Å². The van der Waals surface area contributed by atoms with E-state index >= 15 is 0 Å². The molecule has 1 fully saturated rings. The van der Waals surface area contributed by atoms with E-state index in [1.807, 2.05) is 0 Å². The summed E-state index contributed by atoms with van der Waals surface area (Å²) in [7, 11) is 0. The van der Waals surface area contributed by atoms with E-state index in [-0.39, 0.29) is 0 Å². The van der Waals surface area contributed by atoms with Crippen LogP contribution >= 0.6 is 0 Å². The molecule has 2 heteroatoms. The van der Waals surface area contributed by atoms with Crippen molar-refractivity contribution in [2.75, 3.05) is 26.2 Å². The van der Waals surface area contributed by atoms with Crippen LogP contribution in [-0.2, 0) is 0 Å². The lowest BCUT2D eigenvalue weighted by atomic mass is 9.80. The van der Waals surface area contributed by atoms with Gasteiger partial charge in [0.25, 0.3) is 0 Å². The van der Waals surface area contributed by atoms with Crippen LogP contribution in [0.4, 0.5) is 0 Å². The number of rotatable bonds is 8. The van der Waals surface area contributed by atoms with Crippen LogP contribution in [0.15, 0.2) is 0 Å². The Morgan fingerprint density at radius 3 is 1.92 bits per heavy atom. The van der Waals surface area contributed by atoms with Crippen LogP contribution in [0.2, 0.25) is 0 Å². The molecule has 0 aromatic carbocycles. The van der Waals surface area contributed by atoms with E-state index in [1.165, 1.54) is 77.5 Å². The number of likely N-dealkylation sites (tertiary alicyclic amines) is 1. The normalized spacial score (nSPS) is 20.0. The van der Waals surface area contributed by atoms with Gasteiger partial charge in [0.1, 0.15) is 0 Å². The first-order valence-corrected chi connectivity index (χ1v) is 10.6. The minimum Gasteiger partial charge on any atom is -0.301 e. The first kappa shape index (κ1) is 22.0. The fourth-order valence-electron chi connectivity index (χ4n) is 4.63. The zero-order valence-electron chi connectivity index (χ0n) is 18.0. The van der Waals surface area contributed by atoms with Crippen molar-refractivity contribution in [3.8, 4) is 0 Å². The molecule has 0 spiro atoms. The highest BCUT2D eigenvalue weighted by molar-refractivity contribution is 4.87. The minimum atomic E-state index is 0.296. The largest absolute Gasteiger partial charge is 0.301 e. The molecule has 0 radical (unpaired) electrons. The summed E-state index contributed by atoms with van der Waals surface area (Å²) < 4.78 is 0. The molecule has 0 N–H and O–H groups in total. The molecule has 1 rings (SSSR count). The van der Waals surface area contributed by atoms with E-state index in [2.05, 4.69) is 58.3 Å². The summed E-state index contributed by atoms with van der Waals surface area (Å²) in [4.78, 5) is 5.53. The van der Waals surface area contributed by atoms with Gasteiger partial charge in [0.2, 0.25) is 0 Å². The molecule has 1 unspecified atom stereocenters. The molecular weight excluding hydrogens is 292 g/mol. The van der Waals surface area contributed by atoms with Crippen molar-refractivity contribution in [1.29, 1.82) is 0 Å². The maximum absolute atomic E-state index is 2.76. The van der Waals surface area contributed by atoms with Gasteiger partial charge < -0.3 is 4.90 Å². The molecule has 144 valence electrons. The van der Waals surface area contributed by atoms with Gasteiger partial charge in [0, 0.05) is 18.1 Å². The monoisotopic (exact) mass is 338 g/mol. The molecule has 1 saturated heterocycles. The Labute approximate surface area is 153 Å². The van der Waals surface area contributed by atoms with E-state index in [0.29, 0.717) is 11.0 Å². The molecule has 1 atom stereocenters. The average Bonchev–Trinajstić information content (AvgIpc) is 2.39. The second-order valence-electron chi connectivity index (χ2n) is 9.98. The van der Waals surface area contributed by atoms with Crippen LogP contribution in [0.3, 0.4) is 0 Å². The second kappa shape index (κ2) is 10.2. The maximum atomic E-state index is 2.76. The van der Waals surface area contributed by atoms with Gasteiger partial charge >= 0.3 is 0 Å². The second-order valence-corrected chi connectivity index (χ2v) is 9.98. The summed E-state index contributed by atoms with van der Waals surface area (Å²) in [5.41, 5.74) is 0.689. The van der Waals surface area contributed by atoms with Gasteiger partial charge in [-0.3, -0.25) is 4.90 Å². The first-order chi connectivity index (χ1) is 11.2. The van der Waals surface area contributed by atoms with Gasteiger partial charge in [-0.1, -0.05) is 47.0 Å². The highest BCUT2D eigenvalue weighted by Gasteiger charge is 2.31. The summed E-state index contributed by atoms with van der Waals surface area (Å²) in [6.45, 7) is 21.9. The Morgan fingerprint density at radius 2 is 1.42 bits per heavy atom. The molecular formula is C22H46N2. The van der Waals surface area contributed by atoms with E-state index in [0.717, 1.165) is 6.04 Å². The highest BCUT2D eigenvalue weighted by atomic mass is 15.2. The fraction of sp³-hybridized carbons (Fsp3) is 1.00. The molecule has 1 aliphatic heterocycles. The summed E-state index contributed by atoms with van der Waals surface area (Å²) in [5, 5.41) is 0. The third kappa shape index (κ3) is 8.34. The van der Waals surface area contributed by atoms with E-state index in [1.54, 1.807) is 0 Å². The van der Waals surface area contributed by atoms with Crippen LogP contribution in [-0.4, -0.2) is 47.6 Å². The molecule has 0 aliphatic carbocycles. The molecule has 24 heavy (non-hydrogen) atoms. The fourth-order valence-corrected chi connectivity index (χ4v) is 4.63. The maximum Gasteiger partial charge on any atom is 0.0158 e. The Morgan fingerprint density at radius 1 is 0.875 bits per heavy atom. The van der Waals surface area contributed by atoms with Crippen LogP contribution in [0, 0.1) is 5.41 Å². The van der Waals surface area contributed by atoms with Gasteiger partial charge in [-0.2, -0.15) is 0 Å². The quantitative estimate of drug-likeness (QED) is 0.539. The minimum absolute atomic E-state index is 0.296. The van der Waals surface area contributed by atoms with Gasteiger partial charge in [-0.25, -0.2) is 0 Å². The Kier molecular flexibility index (Phi) is 9.30. The summed E-state index contributed by atoms with van der Waals surface area (Å²) in [6.07, 6.45) is 11.0. The van der Waals surface area contributed by atoms with Crippen molar-refractivity contribution >= 4 is 0 Å². The van der Waals surface area contributed by atoms with Crippen LogP contribution in [0.1, 0.15) is 99.8 Å². The predicted octanol–water partition coefficient (Wildman–Crippen LogP) is 5.96. The van der Waals surface area contributed by atoms with E-state index in [4.69, 9.17) is 0 Å². The third-order valence-corrected chi connectivity index (χ3v) is 5.64. The van der Waals surface area contributed by atoms with E-state index < -0.39 is 0 Å². The first-order valence-electron chi connectivity index (χ1n) is 10.6. The number of hydrogen-bond donors (Lipinski definition) is 0. The number of nitrogens with zero attached hydrogens (tertiary/aromatic N) is 2. The molecule has 1 heterocycles. The molecule has 1 aliphatic rings. The Balaban J connectivity index is 2.57. The van der Waals surface area contributed by atoms with Crippen LogP contribution in [0.25, 0.3) is 0 Å². The Bertz CT molecular complexity index is 321. The Hall–Kier alpha value is -0.0800. The molecule has 0 amide bonds. The SMILES string of the molecule is CCCN(CCC(C)N1CCCCCCC1)C(C)(C)CC(C)(C)C. The molecule has 0 bridgehead atoms. The predicted molar refractivity (Wildman–Crippen MR) is 109 cm³/mol. The zero-order valence-corrected chi connectivity index (χ0v) is 18.0. The lowest BCUT2D eigenvalue weighted by Gasteiger charge is -2.43. The van der Waals surface area contributed by atoms with Crippen molar-refractivity contribution in [3.05, 3.63) is 0 Å². The van der Waals surface area contributed by atoms with Crippen molar-refractivity contribution in [1.82, 2.24) is 9.80 Å². The smallest absolute Gasteiger partial charge is 0.0158 e. The molecule has 0 aromatic heterocycles. The van der Waals surface area contributed by atoms with Crippen LogP contribution < -0.4 is 0 Å². The topological polar surface area (TPSA) is 6.48 Å². The van der Waals surface area contributed by atoms with Gasteiger partial charge in [-0.05, 0) is 77.9 Å². The van der Waals surface area contributed by atoms with Crippen LogP contribution in [0.5, 0.6) is 0 Å². The number of hydrogen-bond acceptors (Lipinski definition) is 2. The van der Waals surface area contributed by atoms with E-state index in [9.17, 15) is 0 Å². The van der Waals surface area contributed by atoms with Crippen molar-refractivity contribution in [3.63, 3.8) is 0 Å². The highest BCUT2D eigenvalue weighted by Crippen LogP contribution is 2.31. The van der Waals surface area contributed by atoms with Crippen molar-refractivity contribution in [2.45, 2.75) is 111 Å². The molecule has 0 aromatic rings. The van der Waals surface area contributed by atoms with Crippen molar-refractivity contribution in [2.24, 2.45) is 5.41 Å². The summed E-state index contributed by atoms with van der Waals surface area (Å²) in [5.74, 6) is 0. The van der Waals surface area contributed by atoms with Gasteiger partial charge in [0.05, 0.1) is 0 Å². The lowest BCUT2D eigenvalue weighted by Crippen LogP contribution is -2.48. The summed E-state index contributed by atoms with van der Waals surface area (Å²) in [6, 6.07) is 0.730. The zero-order chi connectivity index (χ0) is 18.2. The molecule has 2 nitrogen and oxygen atoms in total. The lowest BCUT2D eigenvalue weighted by molar-refractivity contribution is 0.0646. The third-order valence-electron chi connectivity index (χ3n) is 5.64.